The third-order valence-corrected chi connectivity index (χ3v) is 2.69. The molecule has 106 valence electrons. The largest absolute Gasteiger partial charge is 0.494 e. The molecule has 1 aromatic carbocycles. The van der Waals surface area contributed by atoms with Crippen molar-refractivity contribution in [3.05, 3.63) is 35.7 Å². The third kappa shape index (κ3) is 3.53. The summed E-state index contributed by atoms with van der Waals surface area (Å²) in [6.45, 7) is 4.50. The number of nitrogens with zero attached hydrogens (tertiary/aromatic N) is 3. The monoisotopic (exact) mass is 275 g/mol. The van der Waals surface area contributed by atoms with Crippen LogP contribution >= 0.6 is 0 Å². The highest BCUT2D eigenvalue weighted by Crippen LogP contribution is 2.13. The van der Waals surface area contributed by atoms with Crippen LogP contribution in [0.2, 0.25) is 0 Å². The molecule has 1 unspecified atom stereocenters. The first-order valence-electron chi connectivity index (χ1n) is 6.47. The van der Waals surface area contributed by atoms with Gasteiger partial charge in [-0.05, 0) is 37.6 Å². The van der Waals surface area contributed by atoms with Crippen LogP contribution in [0.15, 0.2) is 24.3 Å². The fourth-order valence-corrected chi connectivity index (χ4v) is 1.62. The van der Waals surface area contributed by atoms with Crippen LogP contribution in [0.25, 0.3) is 0 Å². The molecule has 0 radical (unpaired) electrons. The molecule has 0 bridgehead atoms. The van der Waals surface area contributed by atoms with Crippen molar-refractivity contribution in [2.24, 2.45) is 0 Å². The van der Waals surface area contributed by atoms with Crippen LogP contribution in [-0.4, -0.2) is 33.1 Å². The number of aromatic nitrogens is 4. The van der Waals surface area contributed by atoms with Gasteiger partial charge >= 0.3 is 0 Å². The summed E-state index contributed by atoms with van der Waals surface area (Å²) in [5.74, 6) is 1.01. The van der Waals surface area contributed by atoms with E-state index in [-0.39, 0.29) is 11.9 Å². The van der Waals surface area contributed by atoms with E-state index in [0.717, 1.165) is 12.2 Å². The highest BCUT2D eigenvalue weighted by molar-refractivity contribution is 5.94. The summed E-state index contributed by atoms with van der Waals surface area (Å²) >= 11 is 0. The number of hydrogen-bond donors (Lipinski definition) is 2. The molecular formula is C13H17N5O2. The number of H-pyrrole nitrogens is 1. The van der Waals surface area contributed by atoms with Gasteiger partial charge in [-0.2, -0.15) is 5.21 Å². The number of tetrazole rings is 1. The quantitative estimate of drug-likeness (QED) is 0.833. The summed E-state index contributed by atoms with van der Waals surface area (Å²) in [5, 5.41) is 16.3. The summed E-state index contributed by atoms with van der Waals surface area (Å²) in [4.78, 5) is 12.0. The summed E-state index contributed by atoms with van der Waals surface area (Å²) in [6, 6.07) is 6.71. The number of hydrogen-bond acceptors (Lipinski definition) is 5. The highest BCUT2D eigenvalue weighted by atomic mass is 16.5. The van der Waals surface area contributed by atoms with Crippen molar-refractivity contribution in [3.8, 4) is 5.75 Å². The van der Waals surface area contributed by atoms with Crippen LogP contribution in [0.5, 0.6) is 5.75 Å². The van der Waals surface area contributed by atoms with Crippen LogP contribution in [0.1, 0.15) is 42.5 Å². The fourth-order valence-electron chi connectivity index (χ4n) is 1.62. The van der Waals surface area contributed by atoms with Crippen molar-refractivity contribution in [3.63, 3.8) is 0 Å². The number of carbonyl (C=O) groups is 1. The molecule has 1 aromatic heterocycles. The van der Waals surface area contributed by atoms with Gasteiger partial charge in [0.25, 0.3) is 5.91 Å². The Bertz CT molecular complexity index is 538. The molecule has 20 heavy (non-hydrogen) atoms. The van der Waals surface area contributed by atoms with Crippen molar-refractivity contribution in [1.82, 2.24) is 25.9 Å². The Hall–Kier alpha value is -2.44. The van der Waals surface area contributed by atoms with Crippen molar-refractivity contribution < 1.29 is 9.53 Å². The maximum Gasteiger partial charge on any atom is 0.251 e. The molecule has 0 aliphatic heterocycles. The molecule has 2 N–H and O–H groups in total. The molecule has 0 aliphatic rings. The average Bonchev–Trinajstić information content (AvgIpc) is 3.00. The Kier molecular flexibility index (Phi) is 4.65. The Morgan fingerprint density at radius 1 is 1.40 bits per heavy atom. The fraction of sp³-hybridized carbons (Fsp3) is 0.385. The minimum absolute atomic E-state index is 0.190. The first kappa shape index (κ1) is 14.0. The smallest absolute Gasteiger partial charge is 0.251 e. The van der Waals surface area contributed by atoms with Gasteiger partial charge in [0, 0.05) is 5.56 Å². The van der Waals surface area contributed by atoms with Gasteiger partial charge < -0.3 is 10.1 Å². The molecule has 1 atom stereocenters. The van der Waals surface area contributed by atoms with Crippen molar-refractivity contribution in [2.75, 3.05) is 6.61 Å². The summed E-state index contributed by atoms with van der Waals surface area (Å²) in [5.41, 5.74) is 0.559. The van der Waals surface area contributed by atoms with Crippen LogP contribution in [0.3, 0.4) is 0 Å². The Labute approximate surface area is 116 Å². The van der Waals surface area contributed by atoms with Gasteiger partial charge in [-0.3, -0.25) is 4.79 Å². The van der Waals surface area contributed by atoms with Gasteiger partial charge in [0.05, 0.1) is 12.6 Å². The number of nitrogens with one attached hydrogen (secondary N) is 2. The Morgan fingerprint density at radius 2 is 2.15 bits per heavy atom. The molecule has 0 saturated heterocycles. The lowest BCUT2D eigenvalue weighted by atomic mass is 10.2. The second-order valence-electron chi connectivity index (χ2n) is 4.34. The second kappa shape index (κ2) is 6.65. The highest BCUT2D eigenvalue weighted by Gasteiger charge is 2.14. The number of carbonyl (C=O) groups excluding carboxylic acids is 1. The molecule has 1 heterocycles. The van der Waals surface area contributed by atoms with Crippen molar-refractivity contribution >= 4 is 5.91 Å². The molecule has 0 spiro atoms. The molecular weight excluding hydrogens is 258 g/mol. The van der Waals surface area contributed by atoms with Crippen LogP contribution in [0, 0.1) is 0 Å². The van der Waals surface area contributed by atoms with E-state index in [2.05, 4.69) is 25.9 Å². The number of ether oxygens (including phenoxy) is 1. The normalized spacial score (nSPS) is 11.9. The molecule has 2 aromatic rings. The van der Waals surface area contributed by atoms with Crippen LogP contribution in [0.4, 0.5) is 0 Å². The molecule has 7 nitrogen and oxygen atoms in total. The van der Waals surface area contributed by atoms with E-state index in [4.69, 9.17) is 4.74 Å². The van der Waals surface area contributed by atoms with Gasteiger partial charge in [-0.25, -0.2) is 0 Å². The maximum atomic E-state index is 12.0. The van der Waals surface area contributed by atoms with Crippen molar-refractivity contribution in [1.29, 1.82) is 0 Å². The molecule has 0 saturated carbocycles. The van der Waals surface area contributed by atoms with Gasteiger partial charge in [-0.15, -0.1) is 10.2 Å². The topological polar surface area (TPSA) is 92.8 Å². The van der Waals surface area contributed by atoms with Gasteiger partial charge in [0.15, 0.2) is 5.82 Å². The van der Waals surface area contributed by atoms with Gasteiger partial charge in [0.1, 0.15) is 5.75 Å². The Balaban J connectivity index is 1.95. The third-order valence-electron chi connectivity index (χ3n) is 2.69. The zero-order valence-electron chi connectivity index (χ0n) is 11.5. The van der Waals surface area contributed by atoms with E-state index in [0.29, 0.717) is 18.0 Å². The van der Waals surface area contributed by atoms with Crippen molar-refractivity contribution in [2.45, 2.75) is 26.3 Å². The number of amides is 1. The SMILES string of the molecule is CCCOc1ccc(C(=O)NC(C)c2nn[nH]n2)cc1. The molecule has 2 rings (SSSR count). The lowest BCUT2D eigenvalue weighted by molar-refractivity contribution is 0.0938. The minimum Gasteiger partial charge on any atom is -0.494 e. The van der Waals surface area contributed by atoms with E-state index in [9.17, 15) is 4.79 Å². The summed E-state index contributed by atoms with van der Waals surface area (Å²) < 4.78 is 5.47. The standard InChI is InChI=1S/C13H17N5O2/c1-3-8-20-11-6-4-10(5-7-11)13(19)14-9(2)12-15-17-18-16-12/h4-7,9H,3,8H2,1-2H3,(H,14,19)(H,15,16,17,18). The average molecular weight is 275 g/mol. The van der Waals surface area contributed by atoms with E-state index >= 15 is 0 Å². The lowest BCUT2D eigenvalue weighted by Crippen LogP contribution is -2.27. The zero-order valence-corrected chi connectivity index (χ0v) is 11.5. The first-order chi connectivity index (χ1) is 9.70. The number of aromatic amines is 1. The van der Waals surface area contributed by atoms with Crippen LogP contribution in [-0.2, 0) is 0 Å². The predicted octanol–water partition coefficient (Wildman–Crippen LogP) is 1.48. The molecule has 7 heteroatoms. The number of benzene rings is 1. The van der Waals surface area contributed by atoms with E-state index in [1.165, 1.54) is 0 Å². The van der Waals surface area contributed by atoms with E-state index in [1.807, 2.05) is 6.92 Å². The molecule has 1 amide bonds. The van der Waals surface area contributed by atoms with Gasteiger partial charge in [-0.1, -0.05) is 12.1 Å². The summed E-state index contributed by atoms with van der Waals surface area (Å²) in [6.07, 6.45) is 0.949. The summed E-state index contributed by atoms with van der Waals surface area (Å²) in [7, 11) is 0. The van der Waals surface area contributed by atoms with Gasteiger partial charge in [0.2, 0.25) is 0 Å². The maximum absolute atomic E-state index is 12.0. The van der Waals surface area contributed by atoms with E-state index < -0.39 is 0 Å². The van der Waals surface area contributed by atoms with E-state index in [1.54, 1.807) is 31.2 Å². The lowest BCUT2D eigenvalue weighted by Gasteiger charge is -2.10. The second-order valence-corrected chi connectivity index (χ2v) is 4.34. The minimum atomic E-state index is -0.308. The number of rotatable bonds is 6. The zero-order chi connectivity index (χ0) is 14.4. The van der Waals surface area contributed by atoms with Crippen LogP contribution < -0.4 is 10.1 Å². The molecule has 0 aliphatic carbocycles. The predicted molar refractivity (Wildman–Crippen MR) is 72.3 cm³/mol. The Morgan fingerprint density at radius 3 is 2.75 bits per heavy atom. The molecule has 0 fully saturated rings. The first-order valence-corrected chi connectivity index (χ1v) is 6.47.